The first-order chi connectivity index (χ1) is 6.60. The van der Waals surface area contributed by atoms with Gasteiger partial charge in [0.25, 0.3) is 0 Å². The SMILES string of the molecule is CCc1ccc(OC)cc1.N=C(N)N. The lowest BCUT2D eigenvalue weighted by Crippen LogP contribution is -2.20. The minimum atomic E-state index is -0.333. The quantitative estimate of drug-likeness (QED) is 0.488. The molecule has 14 heavy (non-hydrogen) atoms. The van der Waals surface area contributed by atoms with Crippen molar-refractivity contribution in [3.05, 3.63) is 29.8 Å². The lowest BCUT2D eigenvalue weighted by molar-refractivity contribution is 0.414. The second-order valence-corrected chi connectivity index (χ2v) is 2.66. The van der Waals surface area contributed by atoms with Gasteiger partial charge in [0.15, 0.2) is 5.96 Å². The van der Waals surface area contributed by atoms with E-state index >= 15 is 0 Å². The summed E-state index contributed by atoms with van der Waals surface area (Å²) < 4.78 is 5.01. The van der Waals surface area contributed by atoms with Crippen LogP contribution in [-0.2, 0) is 6.42 Å². The zero-order valence-electron chi connectivity index (χ0n) is 8.58. The molecule has 0 amide bonds. The van der Waals surface area contributed by atoms with Crippen molar-refractivity contribution < 1.29 is 4.74 Å². The molecule has 78 valence electrons. The predicted octanol–water partition coefficient (Wildman–Crippen LogP) is 1.10. The van der Waals surface area contributed by atoms with Crippen LogP contribution in [0.5, 0.6) is 5.75 Å². The number of hydrogen-bond donors (Lipinski definition) is 3. The molecule has 4 heteroatoms. The van der Waals surface area contributed by atoms with Crippen molar-refractivity contribution in [2.24, 2.45) is 11.5 Å². The summed E-state index contributed by atoms with van der Waals surface area (Å²) in [5, 5.41) is 6.06. The van der Waals surface area contributed by atoms with Gasteiger partial charge in [0, 0.05) is 0 Å². The highest BCUT2D eigenvalue weighted by atomic mass is 16.5. The highest BCUT2D eigenvalue weighted by molar-refractivity contribution is 5.71. The fraction of sp³-hybridized carbons (Fsp3) is 0.300. The normalized spacial score (nSPS) is 8.43. The largest absolute Gasteiger partial charge is 0.497 e. The second-order valence-electron chi connectivity index (χ2n) is 2.66. The zero-order valence-corrected chi connectivity index (χ0v) is 8.58. The number of aryl methyl sites for hydroxylation is 1. The Morgan fingerprint density at radius 3 is 2.00 bits per heavy atom. The van der Waals surface area contributed by atoms with Gasteiger partial charge in [-0.3, -0.25) is 5.41 Å². The van der Waals surface area contributed by atoms with Crippen molar-refractivity contribution in [2.75, 3.05) is 7.11 Å². The summed E-state index contributed by atoms with van der Waals surface area (Å²) in [6.07, 6.45) is 1.09. The molecule has 0 aromatic heterocycles. The summed E-state index contributed by atoms with van der Waals surface area (Å²) in [5.41, 5.74) is 10.3. The van der Waals surface area contributed by atoms with E-state index in [2.05, 4.69) is 30.5 Å². The molecule has 0 fully saturated rings. The number of rotatable bonds is 2. The summed E-state index contributed by atoms with van der Waals surface area (Å²) >= 11 is 0. The van der Waals surface area contributed by atoms with Crippen LogP contribution in [-0.4, -0.2) is 13.1 Å². The summed E-state index contributed by atoms with van der Waals surface area (Å²) in [4.78, 5) is 0. The van der Waals surface area contributed by atoms with Gasteiger partial charge in [-0.2, -0.15) is 0 Å². The first-order valence-corrected chi connectivity index (χ1v) is 4.32. The third-order valence-electron chi connectivity index (χ3n) is 1.57. The number of hydrogen-bond acceptors (Lipinski definition) is 2. The van der Waals surface area contributed by atoms with Crippen LogP contribution in [0.4, 0.5) is 0 Å². The molecule has 0 bridgehead atoms. The van der Waals surface area contributed by atoms with Gasteiger partial charge in [0.2, 0.25) is 0 Å². The van der Waals surface area contributed by atoms with Crippen molar-refractivity contribution in [3.8, 4) is 5.75 Å². The second kappa shape index (κ2) is 6.77. The highest BCUT2D eigenvalue weighted by Crippen LogP contribution is 2.10. The average molecular weight is 195 g/mol. The Morgan fingerprint density at radius 1 is 1.29 bits per heavy atom. The Balaban J connectivity index is 0.000000364. The minimum Gasteiger partial charge on any atom is -0.497 e. The maximum atomic E-state index is 6.06. The summed E-state index contributed by atoms with van der Waals surface area (Å²) in [6, 6.07) is 8.13. The van der Waals surface area contributed by atoms with E-state index in [0.717, 1.165) is 12.2 Å². The molecule has 0 radical (unpaired) electrons. The van der Waals surface area contributed by atoms with Gasteiger partial charge in [-0.1, -0.05) is 19.1 Å². The monoisotopic (exact) mass is 195 g/mol. The van der Waals surface area contributed by atoms with E-state index in [4.69, 9.17) is 10.1 Å². The van der Waals surface area contributed by atoms with Crippen molar-refractivity contribution in [1.82, 2.24) is 0 Å². The molecule has 0 aliphatic carbocycles. The molecule has 1 aromatic carbocycles. The van der Waals surface area contributed by atoms with Crippen LogP contribution < -0.4 is 16.2 Å². The topological polar surface area (TPSA) is 85.1 Å². The molecule has 0 unspecified atom stereocenters. The molecule has 0 heterocycles. The van der Waals surface area contributed by atoms with Gasteiger partial charge in [0.1, 0.15) is 5.75 Å². The summed E-state index contributed by atoms with van der Waals surface area (Å²) in [7, 11) is 1.68. The Hall–Kier alpha value is -1.71. The van der Waals surface area contributed by atoms with Crippen molar-refractivity contribution in [2.45, 2.75) is 13.3 Å². The molecule has 0 saturated heterocycles. The maximum absolute atomic E-state index is 6.06. The highest BCUT2D eigenvalue weighted by Gasteiger charge is 1.89. The Kier molecular flexibility index (Phi) is 5.94. The number of methoxy groups -OCH3 is 1. The molecule has 0 spiro atoms. The summed E-state index contributed by atoms with van der Waals surface area (Å²) in [5.74, 6) is 0.595. The number of benzene rings is 1. The smallest absolute Gasteiger partial charge is 0.183 e. The lowest BCUT2D eigenvalue weighted by atomic mass is 10.2. The molecule has 0 saturated carbocycles. The number of nitrogens with two attached hydrogens (primary N) is 2. The lowest BCUT2D eigenvalue weighted by Gasteiger charge is -1.99. The number of guanidine groups is 1. The first-order valence-electron chi connectivity index (χ1n) is 4.32. The molecule has 5 N–H and O–H groups in total. The van der Waals surface area contributed by atoms with Crippen LogP contribution in [0.3, 0.4) is 0 Å². The van der Waals surface area contributed by atoms with Crippen molar-refractivity contribution in [1.29, 1.82) is 5.41 Å². The van der Waals surface area contributed by atoms with Crippen LogP contribution in [0.15, 0.2) is 24.3 Å². The van der Waals surface area contributed by atoms with Crippen LogP contribution in [0.1, 0.15) is 12.5 Å². The van der Waals surface area contributed by atoms with Crippen LogP contribution in [0.2, 0.25) is 0 Å². The zero-order chi connectivity index (χ0) is 11.0. The maximum Gasteiger partial charge on any atom is 0.183 e. The fourth-order valence-corrected chi connectivity index (χ4v) is 0.861. The van der Waals surface area contributed by atoms with Gasteiger partial charge >= 0.3 is 0 Å². The van der Waals surface area contributed by atoms with Gasteiger partial charge < -0.3 is 16.2 Å². The standard InChI is InChI=1S/C9H12O.CH5N3/c1-3-8-4-6-9(10-2)7-5-8;2-1(3)4/h4-7H,3H2,1-2H3;(H5,2,3,4). The van der Waals surface area contributed by atoms with Crippen LogP contribution in [0.25, 0.3) is 0 Å². The van der Waals surface area contributed by atoms with Gasteiger partial charge in [-0.15, -0.1) is 0 Å². The van der Waals surface area contributed by atoms with Crippen LogP contribution in [0, 0.1) is 5.41 Å². The van der Waals surface area contributed by atoms with Gasteiger partial charge in [-0.25, -0.2) is 0 Å². The molecular formula is C10H17N3O. The Morgan fingerprint density at radius 2 is 1.71 bits per heavy atom. The predicted molar refractivity (Wildman–Crippen MR) is 58.5 cm³/mol. The van der Waals surface area contributed by atoms with Gasteiger partial charge in [-0.05, 0) is 24.1 Å². The Bertz CT molecular complexity index is 242. The van der Waals surface area contributed by atoms with Crippen LogP contribution >= 0.6 is 0 Å². The van der Waals surface area contributed by atoms with Crippen molar-refractivity contribution >= 4 is 5.96 Å². The fourth-order valence-electron chi connectivity index (χ4n) is 0.861. The van der Waals surface area contributed by atoms with Crippen molar-refractivity contribution in [3.63, 3.8) is 0 Å². The third-order valence-corrected chi connectivity index (χ3v) is 1.57. The van der Waals surface area contributed by atoms with E-state index in [1.54, 1.807) is 7.11 Å². The average Bonchev–Trinajstić information content (AvgIpc) is 2.17. The number of ether oxygens (including phenoxy) is 1. The van der Waals surface area contributed by atoms with E-state index < -0.39 is 0 Å². The molecule has 0 atom stereocenters. The first kappa shape index (κ1) is 12.3. The van der Waals surface area contributed by atoms with E-state index in [1.165, 1.54) is 5.56 Å². The molecule has 1 aromatic rings. The van der Waals surface area contributed by atoms with Gasteiger partial charge in [0.05, 0.1) is 7.11 Å². The summed E-state index contributed by atoms with van der Waals surface area (Å²) in [6.45, 7) is 2.14. The molecule has 4 nitrogen and oxygen atoms in total. The Labute approximate surface area is 84.4 Å². The van der Waals surface area contributed by atoms with E-state index in [-0.39, 0.29) is 5.96 Å². The third kappa shape index (κ3) is 5.88. The number of nitrogens with one attached hydrogen (secondary N) is 1. The van der Waals surface area contributed by atoms with E-state index in [1.807, 2.05) is 12.1 Å². The molecule has 0 aliphatic heterocycles. The molecule has 1 rings (SSSR count). The molecular weight excluding hydrogens is 178 g/mol. The van der Waals surface area contributed by atoms with E-state index in [0.29, 0.717) is 0 Å². The van der Waals surface area contributed by atoms with E-state index in [9.17, 15) is 0 Å². The molecule has 0 aliphatic rings. The minimum absolute atomic E-state index is 0.333.